The Bertz CT molecular complexity index is 1160. The highest BCUT2D eigenvalue weighted by Crippen LogP contribution is 2.43. The zero-order valence-electron chi connectivity index (χ0n) is 24.0. The first kappa shape index (κ1) is 30.0. The number of methoxy groups -OCH3 is 1. The number of fused-ring (bicyclic) bond motifs is 1. The minimum absolute atomic E-state index is 0.00829. The molecular weight excluding hydrogens is 528 g/mol. The summed E-state index contributed by atoms with van der Waals surface area (Å²) in [5.74, 6) is -0.129. The van der Waals surface area contributed by atoms with Gasteiger partial charge in [0.1, 0.15) is 23.1 Å². The van der Waals surface area contributed by atoms with Gasteiger partial charge in [0.15, 0.2) is 16.6 Å². The van der Waals surface area contributed by atoms with Crippen LogP contribution in [0.15, 0.2) is 6.20 Å². The second kappa shape index (κ2) is 10.2. The van der Waals surface area contributed by atoms with Crippen LogP contribution in [0.4, 0.5) is 5.95 Å². The van der Waals surface area contributed by atoms with Gasteiger partial charge >= 0.3 is 5.97 Å². The molecule has 9 nitrogen and oxygen atoms in total. The fraction of sp³-hybridized carbons (Fsp3) is 0.720. The van der Waals surface area contributed by atoms with Gasteiger partial charge in [-0.05, 0) is 23.2 Å². The van der Waals surface area contributed by atoms with Crippen LogP contribution in [0.1, 0.15) is 64.5 Å². The van der Waals surface area contributed by atoms with Crippen LogP contribution in [-0.4, -0.2) is 68.1 Å². The highest BCUT2D eigenvalue weighted by Gasteiger charge is 2.45. The predicted molar refractivity (Wildman–Crippen MR) is 152 cm³/mol. The Balaban J connectivity index is 2.08. The zero-order chi connectivity index (χ0) is 28.1. The van der Waals surface area contributed by atoms with Crippen LogP contribution in [0.3, 0.4) is 0 Å². The normalized spacial score (nSPS) is 21.5. The van der Waals surface area contributed by atoms with Crippen LogP contribution in [0.2, 0.25) is 41.4 Å². The van der Waals surface area contributed by atoms with Gasteiger partial charge in [-0.1, -0.05) is 66.2 Å². The number of anilines is 1. The fourth-order valence-corrected chi connectivity index (χ4v) is 6.50. The van der Waals surface area contributed by atoms with E-state index in [1.807, 2.05) is 0 Å². The van der Waals surface area contributed by atoms with E-state index < -0.39 is 34.9 Å². The van der Waals surface area contributed by atoms with E-state index in [-0.39, 0.29) is 33.5 Å². The zero-order valence-corrected chi connectivity index (χ0v) is 26.8. The second-order valence-electron chi connectivity index (χ2n) is 12.9. The van der Waals surface area contributed by atoms with Crippen molar-refractivity contribution >= 4 is 51.1 Å². The molecule has 0 aliphatic carbocycles. The van der Waals surface area contributed by atoms with Crippen molar-refractivity contribution in [1.29, 1.82) is 0 Å². The Hall–Kier alpha value is -1.51. The summed E-state index contributed by atoms with van der Waals surface area (Å²) in [6.07, 6.45) is 0.840. The van der Waals surface area contributed by atoms with Gasteiger partial charge in [0.25, 0.3) is 0 Å². The Labute approximate surface area is 227 Å². The maximum atomic E-state index is 12.7. The lowest BCUT2D eigenvalue weighted by Gasteiger charge is -2.39. The van der Waals surface area contributed by atoms with Crippen molar-refractivity contribution in [3.05, 3.63) is 16.9 Å². The van der Waals surface area contributed by atoms with Gasteiger partial charge in [0.05, 0.1) is 30.8 Å². The Kier molecular flexibility index (Phi) is 8.31. The monoisotopic (exact) mass is 570 g/mol. The topological polar surface area (TPSA) is 108 Å². The molecule has 0 aromatic carbocycles. The molecule has 3 rings (SSSR count). The van der Waals surface area contributed by atoms with Gasteiger partial charge in [-0.3, -0.25) is 0 Å². The van der Waals surface area contributed by atoms with Crippen LogP contribution in [0.25, 0.3) is 11.0 Å². The molecule has 1 saturated heterocycles. The minimum atomic E-state index is -2.12. The van der Waals surface area contributed by atoms with Gasteiger partial charge in [-0.25, -0.2) is 9.78 Å². The number of aromatic nitrogens is 3. The van der Waals surface area contributed by atoms with Gasteiger partial charge in [-0.15, -0.1) is 0 Å². The molecule has 1 fully saturated rings. The molecule has 0 radical (unpaired) electrons. The lowest BCUT2D eigenvalue weighted by atomic mass is 10.2. The summed E-state index contributed by atoms with van der Waals surface area (Å²) in [7, 11) is -2.81. The van der Waals surface area contributed by atoms with Crippen molar-refractivity contribution in [2.75, 3.05) is 18.7 Å². The van der Waals surface area contributed by atoms with E-state index in [2.05, 4.69) is 77.7 Å². The van der Waals surface area contributed by atoms with Crippen molar-refractivity contribution < 1.29 is 23.8 Å². The smallest absolute Gasteiger partial charge is 0.340 e. The van der Waals surface area contributed by atoms with E-state index >= 15 is 0 Å². The summed E-state index contributed by atoms with van der Waals surface area (Å²) in [4.78, 5) is 25.5. The molecule has 3 heterocycles. The molecule has 2 aromatic rings. The summed E-state index contributed by atoms with van der Waals surface area (Å²) in [6.45, 7) is 21.7. The number of carbonyl (C=O) groups is 1. The highest BCUT2D eigenvalue weighted by molar-refractivity contribution is 6.82. The molecular formula is C25H43ClN4O5Si2. The molecule has 0 amide bonds. The number of esters is 1. The van der Waals surface area contributed by atoms with Crippen LogP contribution in [0, 0.1) is 0 Å². The largest absolute Gasteiger partial charge is 0.465 e. The average Bonchev–Trinajstić information content (AvgIpc) is 3.32. The lowest BCUT2D eigenvalue weighted by Crippen LogP contribution is -2.46. The molecule has 0 bridgehead atoms. The van der Waals surface area contributed by atoms with Crippen LogP contribution < -0.4 is 4.98 Å². The summed E-state index contributed by atoms with van der Waals surface area (Å²) < 4.78 is 19.7. The van der Waals surface area contributed by atoms with Crippen LogP contribution in [-0.2, 0) is 13.9 Å². The van der Waals surface area contributed by atoms with Crippen LogP contribution in [0.5, 0.6) is 0 Å². The molecule has 0 unspecified atom stereocenters. The van der Waals surface area contributed by atoms with Gasteiger partial charge in [0, 0.05) is 12.6 Å². The number of hydrogen-bond acceptors (Lipinski definition) is 8. The first-order valence-corrected chi connectivity index (χ1v) is 19.0. The number of hydrogen-bond donors (Lipinski definition) is 2. The van der Waals surface area contributed by atoms with Crippen LogP contribution >= 0.6 is 11.6 Å². The minimum Gasteiger partial charge on any atom is -0.465 e. The van der Waals surface area contributed by atoms with E-state index in [9.17, 15) is 9.90 Å². The molecule has 0 saturated carbocycles. The Morgan fingerprint density at radius 3 is 2.32 bits per heavy atom. The van der Waals surface area contributed by atoms with E-state index in [1.54, 1.807) is 10.8 Å². The Morgan fingerprint density at radius 2 is 1.81 bits per heavy atom. The number of nitrogens with zero attached hydrogens (tertiary/aromatic N) is 3. The number of ether oxygens (including phenoxy) is 2. The number of halogens is 1. The Morgan fingerprint density at radius 1 is 1.19 bits per heavy atom. The maximum Gasteiger partial charge on any atom is 0.340 e. The number of aliphatic hydroxyl groups is 1. The second-order valence-corrected chi connectivity index (χ2v) is 23.1. The number of rotatable bonds is 7. The molecule has 2 N–H and O–H groups in total. The van der Waals surface area contributed by atoms with E-state index in [4.69, 9.17) is 30.5 Å². The summed E-state index contributed by atoms with van der Waals surface area (Å²) in [6, 6.07) is 0. The maximum absolute atomic E-state index is 12.7. The molecule has 1 aliphatic rings. The van der Waals surface area contributed by atoms with Crippen molar-refractivity contribution in [3.8, 4) is 0 Å². The molecule has 2 aromatic heterocycles. The summed E-state index contributed by atoms with van der Waals surface area (Å²) in [5, 5.41) is 10.7. The van der Waals surface area contributed by atoms with Crippen molar-refractivity contribution in [3.63, 3.8) is 0 Å². The average molecular weight is 571 g/mol. The molecule has 12 heteroatoms. The third-order valence-electron chi connectivity index (χ3n) is 8.26. The quantitative estimate of drug-likeness (QED) is 0.238. The first-order chi connectivity index (χ1) is 16.8. The van der Waals surface area contributed by atoms with Gasteiger partial charge < -0.3 is 28.6 Å². The fourth-order valence-electron chi connectivity index (χ4n) is 3.83. The molecule has 1 aliphatic heterocycles. The van der Waals surface area contributed by atoms with Crippen molar-refractivity contribution in [1.82, 2.24) is 14.5 Å². The van der Waals surface area contributed by atoms with E-state index in [1.165, 1.54) is 7.11 Å². The molecule has 37 heavy (non-hydrogen) atoms. The highest BCUT2D eigenvalue weighted by atomic mass is 35.5. The molecule has 0 spiro atoms. The number of carbonyl (C=O) groups excluding carboxylic acids is 1. The van der Waals surface area contributed by atoms with Gasteiger partial charge in [0.2, 0.25) is 5.95 Å². The summed E-state index contributed by atoms with van der Waals surface area (Å²) in [5.41, 5.74) is 0.732. The molecule has 208 valence electrons. The SMILES string of the molecule is COC(=O)c1cn([C@H]2C[C@@H](O[Si](C)(C)C(C)(C)C)[C@@H](CO)O2)c2nc(N[Si](C)(C)C(C)(C)C)nc(Cl)c12. The molecule has 3 atom stereocenters. The van der Waals surface area contributed by atoms with E-state index in [0.717, 1.165) is 0 Å². The predicted octanol–water partition coefficient (Wildman–Crippen LogP) is 5.96. The van der Waals surface area contributed by atoms with E-state index in [0.29, 0.717) is 23.4 Å². The van der Waals surface area contributed by atoms with Crippen molar-refractivity contribution in [2.24, 2.45) is 0 Å². The number of nitrogens with one attached hydrogen (secondary N) is 1. The number of aliphatic hydroxyl groups excluding tert-OH is 1. The third-order valence-corrected chi connectivity index (χ3v) is 17.6. The summed E-state index contributed by atoms with van der Waals surface area (Å²) >= 11 is 6.66. The first-order valence-electron chi connectivity index (χ1n) is 12.7. The standard InChI is InChI=1S/C25H43ClN4O5Si2/c1-24(2,3)36(8,9)29-23-27-20(26)19-15(22(32)33-7)13-30(21(19)28-23)18-12-16(17(14-31)34-18)35-37(10,11)25(4,5)6/h13,16-18,31H,12,14H2,1-11H3,(H,27,28,29)/t16-,17-,18-/m1/s1. The third kappa shape index (κ3) is 5.91. The van der Waals surface area contributed by atoms with Gasteiger partial charge in [-0.2, -0.15) is 4.98 Å². The van der Waals surface area contributed by atoms with Crippen molar-refractivity contribution in [2.45, 2.75) is 103 Å². The lowest BCUT2D eigenvalue weighted by molar-refractivity contribution is -0.0409.